The van der Waals surface area contributed by atoms with Crippen LogP contribution < -0.4 is 0 Å². The fourth-order valence-corrected chi connectivity index (χ4v) is 2.47. The van der Waals surface area contributed by atoms with Gasteiger partial charge in [0.05, 0.1) is 12.3 Å². The van der Waals surface area contributed by atoms with Crippen molar-refractivity contribution in [3.63, 3.8) is 0 Å². The molecule has 1 amide bonds. The highest BCUT2D eigenvalue weighted by atomic mass is 19.4. The molecule has 1 fully saturated rings. The standard InChI is InChI=1S/C12H18F3NO3/c1-16(7-6-10(17)18)11(19)8-4-2-3-5-9(8)12(13,14)15/h8-9H,2-7H2,1H3,(H,17,18). The maximum atomic E-state index is 12.9. The van der Waals surface area contributed by atoms with Gasteiger partial charge in [0.25, 0.3) is 0 Å². The highest BCUT2D eigenvalue weighted by molar-refractivity contribution is 5.79. The number of rotatable bonds is 4. The molecule has 0 bridgehead atoms. The molecule has 0 aromatic rings. The van der Waals surface area contributed by atoms with Gasteiger partial charge in [0.2, 0.25) is 5.91 Å². The largest absolute Gasteiger partial charge is 0.481 e. The smallest absolute Gasteiger partial charge is 0.392 e. The lowest BCUT2D eigenvalue weighted by molar-refractivity contribution is -0.200. The van der Waals surface area contributed by atoms with E-state index in [1.165, 1.54) is 7.05 Å². The number of aliphatic carboxylic acids is 1. The van der Waals surface area contributed by atoms with Gasteiger partial charge in [-0.1, -0.05) is 12.8 Å². The second-order valence-electron chi connectivity index (χ2n) is 4.94. The van der Waals surface area contributed by atoms with Gasteiger partial charge in [-0.25, -0.2) is 0 Å². The lowest BCUT2D eigenvalue weighted by Crippen LogP contribution is -2.43. The summed E-state index contributed by atoms with van der Waals surface area (Å²) in [7, 11) is 1.35. The Morgan fingerprint density at radius 3 is 2.37 bits per heavy atom. The average molecular weight is 281 g/mol. The summed E-state index contributed by atoms with van der Waals surface area (Å²) in [6.45, 7) is -0.0603. The van der Waals surface area contributed by atoms with E-state index >= 15 is 0 Å². The highest BCUT2D eigenvalue weighted by Crippen LogP contribution is 2.42. The van der Waals surface area contributed by atoms with Crippen molar-refractivity contribution in [2.45, 2.75) is 38.3 Å². The van der Waals surface area contributed by atoms with Crippen LogP contribution in [0, 0.1) is 11.8 Å². The minimum absolute atomic E-state index is 0.0212. The normalized spacial score (nSPS) is 24.0. The molecule has 1 rings (SSSR count). The number of hydrogen-bond acceptors (Lipinski definition) is 2. The first kappa shape index (κ1) is 15.8. The fraction of sp³-hybridized carbons (Fsp3) is 0.833. The third kappa shape index (κ3) is 4.40. The summed E-state index contributed by atoms with van der Waals surface area (Å²) in [4.78, 5) is 23.5. The molecule has 19 heavy (non-hydrogen) atoms. The van der Waals surface area contributed by atoms with Crippen LogP contribution in [-0.2, 0) is 9.59 Å². The molecule has 0 heterocycles. The summed E-state index contributed by atoms with van der Waals surface area (Å²) in [5.74, 6) is -4.33. The Kier molecular flexibility index (Phi) is 5.20. The molecule has 7 heteroatoms. The molecule has 2 atom stereocenters. The van der Waals surface area contributed by atoms with E-state index in [-0.39, 0.29) is 25.8 Å². The molecular formula is C12H18F3NO3. The molecule has 110 valence electrons. The first-order chi connectivity index (χ1) is 8.73. The number of amides is 1. The molecule has 0 aromatic carbocycles. The Morgan fingerprint density at radius 2 is 1.84 bits per heavy atom. The van der Waals surface area contributed by atoms with E-state index in [4.69, 9.17) is 5.11 Å². The lowest BCUT2D eigenvalue weighted by Gasteiger charge is -2.34. The Hall–Kier alpha value is -1.27. The minimum Gasteiger partial charge on any atom is -0.481 e. The zero-order valence-electron chi connectivity index (χ0n) is 10.7. The Balaban J connectivity index is 2.69. The number of alkyl halides is 3. The van der Waals surface area contributed by atoms with Crippen LogP contribution >= 0.6 is 0 Å². The molecule has 0 spiro atoms. The molecule has 0 radical (unpaired) electrons. The van der Waals surface area contributed by atoms with Gasteiger partial charge in [-0.05, 0) is 12.8 Å². The van der Waals surface area contributed by atoms with Gasteiger partial charge in [0.1, 0.15) is 0 Å². The van der Waals surface area contributed by atoms with E-state index in [0.717, 1.165) is 4.90 Å². The summed E-state index contributed by atoms with van der Waals surface area (Å²) in [6, 6.07) is 0. The third-order valence-electron chi connectivity index (χ3n) is 3.54. The molecule has 0 aliphatic heterocycles. The molecule has 1 saturated carbocycles. The topological polar surface area (TPSA) is 57.6 Å². The zero-order chi connectivity index (χ0) is 14.6. The van der Waals surface area contributed by atoms with E-state index in [9.17, 15) is 22.8 Å². The van der Waals surface area contributed by atoms with Crippen LogP contribution in [0.5, 0.6) is 0 Å². The van der Waals surface area contributed by atoms with Crippen molar-refractivity contribution in [2.75, 3.05) is 13.6 Å². The number of nitrogens with zero attached hydrogens (tertiary/aromatic N) is 1. The van der Waals surface area contributed by atoms with Crippen molar-refractivity contribution in [1.29, 1.82) is 0 Å². The van der Waals surface area contributed by atoms with Gasteiger partial charge in [0, 0.05) is 19.5 Å². The van der Waals surface area contributed by atoms with E-state index in [1.807, 2.05) is 0 Å². The molecule has 1 N–H and O–H groups in total. The Labute approximate surface area is 109 Å². The first-order valence-corrected chi connectivity index (χ1v) is 6.27. The molecule has 1 aliphatic carbocycles. The number of carboxylic acid groups (broad SMARTS) is 1. The quantitative estimate of drug-likeness (QED) is 0.860. The van der Waals surface area contributed by atoms with Gasteiger partial charge < -0.3 is 10.0 Å². The minimum atomic E-state index is -4.37. The predicted octanol–water partition coefficient (Wildman–Crippen LogP) is 2.29. The molecular weight excluding hydrogens is 263 g/mol. The number of halogens is 3. The van der Waals surface area contributed by atoms with Crippen molar-refractivity contribution >= 4 is 11.9 Å². The van der Waals surface area contributed by atoms with Crippen molar-refractivity contribution in [2.24, 2.45) is 11.8 Å². The number of carbonyl (C=O) groups is 2. The molecule has 0 saturated heterocycles. The SMILES string of the molecule is CN(CCC(=O)O)C(=O)C1CCCCC1C(F)(F)F. The van der Waals surface area contributed by atoms with Crippen LogP contribution in [0.15, 0.2) is 0 Å². The predicted molar refractivity (Wildman–Crippen MR) is 61.4 cm³/mol. The monoisotopic (exact) mass is 281 g/mol. The maximum Gasteiger partial charge on any atom is 0.392 e. The molecule has 2 unspecified atom stereocenters. The van der Waals surface area contributed by atoms with E-state index in [2.05, 4.69) is 0 Å². The van der Waals surface area contributed by atoms with Crippen molar-refractivity contribution in [3.05, 3.63) is 0 Å². The maximum absolute atomic E-state index is 12.9. The first-order valence-electron chi connectivity index (χ1n) is 6.27. The van der Waals surface area contributed by atoms with Crippen LogP contribution in [0.1, 0.15) is 32.1 Å². The summed E-state index contributed by atoms with van der Waals surface area (Å²) in [6.07, 6.45) is -3.34. The van der Waals surface area contributed by atoms with Crippen LogP contribution in [-0.4, -0.2) is 41.7 Å². The van der Waals surface area contributed by atoms with Crippen LogP contribution in [0.3, 0.4) is 0 Å². The van der Waals surface area contributed by atoms with E-state index < -0.39 is 29.9 Å². The van der Waals surface area contributed by atoms with Gasteiger partial charge in [0.15, 0.2) is 0 Å². The Morgan fingerprint density at radius 1 is 1.26 bits per heavy atom. The van der Waals surface area contributed by atoms with Gasteiger partial charge in [-0.2, -0.15) is 13.2 Å². The summed E-state index contributed by atoms with van der Waals surface area (Å²) in [5, 5.41) is 8.52. The molecule has 0 aromatic heterocycles. The zero-order valence-corrected chi connectivity index (χ0v) is 10.7. The number of carbonyl (C=O) groups excluding carboxylic acids is 1. The van der Waals surface area contributed by atoms with Crippen LogP contribution in [0.2, 0.25) is 0 Å². The fourth-order valence-electron chi connectivity index (χ4n) is 2.47. The van der Waals surface area contributed by atoms with E-state index in [1.54, 1.807) is 0 Å². The number of carboxylic acids is 1. The van der Waals surface area contributed by atoms with Gasteiger partial charge in [-0.3, -0.25) is 9.59 Å². The van der Waals surface area contributed by atoms with E-state index in [0.29, 0.717) is 12.8 Å². The number of hydrogen-bond donors (Lipinski definition) is 1. The van der Waals surface area contributed by atoms with Gasteiger partial charge >= 0.3 is 12.1 Å². The van der Waals surface area contributed by atoms with Crippen molar-refractivity contribution in [3.8, 4) is 0 Å². The highest BCUT2D eigenvalue weighted by Gasteiger charge is 2.48. The van der Waals surface area contributed by atoms with Crippen molar-refractivity contribution < 1.29 is 27.9 Å². The van der Waals surface area contributed by atoms with Gasteiger partial charge in [-0.15, -0.1) is 0 Å². The molecule has 4 nitrogen and oxygen atoms in total. The summed E-state index contributed by atoms with van der Waals surface area (Å²) in [5.41, 5.74) is 0. The third-order valence-corrected chi connectivity index (χ3v) is 3.54. The lowest BCUT2D eigenvalue weighted by atomic mass is 9.78. The Bertz CT molecular complexity index is 344. The van der Waals surface area contributed by atoms with Crippen molar-refractivity contribution in [1.82, 2.24) is 4.90 Å². The summed E-state index contributed by atoms with van der Waals surface area (Å²) >= 11 is 0. The summed E-state index contributed by atoms with van der Waals surface area (Å²) < 4.78 is 38.6. The average Bonchev–Trinajstić information content (AvgIpc) is 2.34. The second-order valence-corrected chi connectivity index (χ2v) is 4.94. The van der Waals surface area contributed by atoms with Crippen LogP contribution in [0.4, 0.5) is 13.2 Å². The van der Waals surface area contributed by atoms with Crippen LogP contribution in [0.25, 0.3) is 0 Å². The molecule has 1 aliphatic rings. The second kappa shape index (κ2) is 6.25.